The molecule has 2 bridgehead atoms. The zero-order valence-corrected chi connectivity index (χ0v) is 51.1. The number of ether oxygens (including phenoxy) is 5. The minimum absolute atomic E-state index is 0.0203. The number of aryl methyl sites for hydroxylation is 2. The highest BCUT2D eigenvalue weighted by Gasteiger charge is 2.49. The Bertz CT molecular complexity index is 3710. The van der Waals surface area contributed by atoms with Crippen molar-refractivity contribution in [1.82, 2.24) is 9.47 Å². The van der Waals surface area contributed by atoms with Crippen molar-refractivity contribution >= 4 is 23.9 Å². The minimum atomic E-state index is -0.747. The molecule has 0 fully saturated rings. The molecule has 3 aliphatic heterocycles. The Morgan fingerprint density at radius 2 is 1.13 bits per heavy atom. The van der Waals surface area contributed by atoms with Crippen LogP contribution in [-0.4, -0.2) is 54.1 Å². The van der Waals surface area contributed by atoms with Crippen molar-refractivity contribution in [2.45, 2.75) is 137 Å². The van der Waals surface area contributed by atoms with E-state index in [2.05, 4.69) is 74.8 Å². The van der Waals surface area contributed by atoms with Gasteiger partial charge in [0.25, 0.3) is 17.4 Å². The molecule has 1 amide bonds. The summed E-state index contributed by atoms with van der Waals surface area (Å²) >= 11 is 0. The fourth-order valence-electron chi connectivity index (χ4n) is 11.9. The first-order chi connectivity index (χ1) is 41.9. The lowest BCUT2D eigenvalue weighted by Gasteiger charge is -2.43. The molecule has 6 aromatic rings. The van der Waals surface area contributed by atoms with Gasteiger partial charge in [-0.05, 0) is 117 Å². The normalized spacial score (nSPS) is 22.5. The summed E-state index contributed by atoms with van der Waals surface area (Å²) in [5.41, 5.74) is 3.11. The van der Waals surface area contributed by atoms with Crippen LogP contribution in [-0.2, 0) is 47.7 Å². The second-order valence-electron chi connectivity index (χ2n) is 24.4. The van der Waals surface area contributed by atoms with Crippen molar-refractivity contribution in [3.05, 3.63) is 234 Å². The molecule has 6 heterocycles. The molecule has 11 rings (SSSR count). The van der Waals surface area contributed by atoms with Crippen LogP contribution in [0.2, 0.25) is 0 Å². The maximum atomic E-state index is 13.3. The van der Waals surface area contributed by atoms with E-state index in [9.17, 15) is 28.8 Å². The number of allylic oxidation sites excluding steroid dienone is 6. The lowest BCUT2D eigenvalue weighted by atomic mass is 9.78. The second kappa shape index (κ2) is 28.2. The largest absolute Gasteiger partial charge is 0.483 e. The maximum Gasteiger partial charge on any atom is 0.378 e. The van der Waals surface area contributed by atoms with E-state index in [1.165, 1.54) is 26.4 Å². The number of pyridine rings is 1. The molecule has 3 aromatic carbocycles. The molecule has 0 saturated carbocycles. The van der Waals surface area contributed by atoms with Gasteiger partial charge in [0.1, 0.15) is 31.3 Å². The summed E-state index contributed by atoms with van der Waals surface area (Å²) in [6, 6.07) is 33.0. The number of hydrogen-bond acceptors (Lipinski definition) is 13. The average molecular weight is 1180 g/mol. The number of nitrogens with zero attached hydrogens (tertiary/aromatic N) is 2. The summed E-state index contributed by atoms with van der Waals surface area (Å²) in [4.78, 5) is 78.0. The van der Waals surface area contributed by atoms with Crippen LogP contribution in [0.3, 0.4) is 0 Å². The van der Waals surface area contributed by atoms with Gasteiger partial charge in [0.15, 0.2) is 11.4 Å². The van der Waals surface area contributed by atoms with E-state index in [4.69, 9.17) is 32.5 Å². The first-order valence-corrected chi connectivity index (χ1v) is 30.2. The average Bonchev–Trinajstić information content (AvgIpc) is 1.63. The maximum absolute atomic E-state index is 13.3. The number of benzene rings is 3. The van der Waals surface area contributed by atoms with Gasteiger partial charge in [-0.25, -0.2) is 9.59 Å². The fourth-order valence-corrected chi connectivity index (χ4v) is 11.9. The highest BCUT2D eigenvalue weighted by Crippen LogP contribution is 2.45. The lowest BCUT2D eigenvalue weighted by molar-refractivity contribution is 0.0519. The van der Waals surface area contributed by atoms with Gasteiger partial charge in [0, 0.05) is 42.9 Å². The van der Waals surface area contributed by atoms with E-state index in [0.29, 0.717) is 42.0 Å². The van der Waals surface area contributed by atoms with Gasteiger partial charge in [0.2, 0.25) is 27.8 Å². The first-order valence-electron chi connectivity index (χ1n) is 30.2. The summed E-state index contributed by atoms with van der Waals surface area (Å²) in [6.45, 7) is 12.2. The smallest absolute Gasteiger partial charge is 0.378 e. The van der Waals surface area contributed by atoms with Crippen LogP contribution in [0.25, 0.3) is 6.08 Å². The predicted octanol–water partition coefficient (Wildman–Crippen LogP) is 13.6. The van der Waals surface area contributed by atoms with Gasteiger partial charge < -0.3 is 42.0 Å². The van der Waals surface area contributed by atoms with Crippen molar-refractivity contribution in [1.29, 1.82) is 0 Å². The molecule has 5 aliphatic rings. The molecule has 0 N–H and O–H groups in total. The topological polar surface area (TPSA) is 183 Å². The molecular formula is C72H80N2O13. The Morgan fingerprint density at radius 3 is 1.71 bits per heavy atom. The number of esters is 2. The summed E-state index contributed by atoms with van der Waals surface area (Å²) in [5, 5.41) is 0. The van der Waals surface area contributed by atoms with Crippen LogP contribution in [0.4, 0.5) is 0 Å². The summed E-state index contributed by atoms with van der Waals surface area (Å²) in [7, 11) is 2.50. The van der Waals surface area contributed by atoms with Gasteiger partial charge in [-0.3, -0.25) is 19.2 Å². The van der Waals surface area contributed by atoms with Crippen LogP contribution in [0.15, 0.2) is 175 Å². The molecular weight excluding hydrogens is 1100 g/mol. The molecule has 1 spiro atoms. The molecule has 6 atom stereocenters. The van der Waals surface area contributed by atoms with Gasteiger partial charge in [-0.1, -0.05) is 161 Å². The fraction of sp³-hybridized carbons (Fsp3) is 0.389. The molecule has 0 radical (unpaired) electrons. The molecule has 87 heavy (non-hydrogen) atoms. The molecule has 15 heteroatoms. The van der Waals surface area contributed by atoms with Crippen LogP contribution in [0.1, 0.15) is 158 Å². The number of fused-ring (bicyclic) bond motifs is 1. The number of carbonyl (C=O) groups is 3. The minimum Gasteiger partial charge on any atom is -0.483 e. The van der Waals surface area contributed by atoms with Crippen molar-refractivity contribution in [2.75, 3.05) is 20.8 Å². The molecule has 0 unspecified atom stereocenters. The quantitative estimate of drug-likeness (QED) is 0.0659. The zero-order valence-electron chi connectivity index (χ0n) is 51.1. The van der Waals surface area contributed by atoms with Crippen molar-refractivity contribution in [3.8, 4) is 17.2 Å². The third-order valence-corrected chi connectivity index (χ3v) is 17.3. The third kappa shape index (κ3) is 15.5. The molecule has 15 nitrogen and oxygen atoms in total. The Kier molecular flexibility index (Phi) is 20.4. The summed E-state index contributed by atoms with van der Waals surface area (Å²) in [6.07, 6.45) is 27.5. The van der Waals surface area contributed by atoms with Crippen molar-refractivity contribution < 1.29 is 46.9 Å². The van der Waals surface area contributed by atoms with Crippen LogP contribution in [0.5, 0.6) is 17.2 Å². The summed E-state index contributed by atoms with van der Waals surface area (Å²) in [5.74, 6) is -0.0712. The van der Waals surface area contributed by atoms with Gasteiger partial charge in [-0.2, -0.15) is 0 Å². The molecule has 456 valence electrons. The SMILES string of the molecule is COC(=O)c1oc(C=C[C@]2(C)CC=C[C@H](C)CC2)cc(=O)c1OCc1ccccc1.COC(=O)c1oc(CC[C@]2(C)CC=C[C@H](C)CC2)cc(=O)c1OCc1ccccc1.C[C@H]1C=CC[C@]23CCc4cc(=O)c(OCc5ccccc5)c(n42)C(=O)N1C3. The van der Waals surface area contributed by atoms with E-state index in [0.717, 1.165) is 86.6 Å². The highest BCUT2D eigenvalue weighted by molar-refractivity contribution is 5.97. The van der Waals surface area contributed by atoms with Crippen LogP contribution in [0, 0.1) is 22.7 Å². The second-order valence-corrected chi connectivity index (χ2v) is 24.4. The Hall–Kier alpha value is -8.72. The number of carbonyl (C=O) groups excluding carboxylic acids is 3. The number of aromatic nitrogens is 1. The van der Waals surface area contributed by atoms with Crippen molar-refractivity contribution in [2.24, 2.45) is 22.7 Å². The van der Waals surface area contributed by atoms with Gasteiger partial charge >= 0.3 is 11.9 Å². The molecule has 3 aromatic heterocycles. The number of amides is 1. The third-order valence-electron chi connectivity index (χ3n) is 17.3. The Morgan fingerprint density at radius 1 is 0.609 bits per heavy atom. The van der Waals surface area contributed by atoms with E-state index in [1.54, 1.807) is 12.1 Å². The van der Waals surface area contributed by atoms with Crippen molar-refractivity contribution in [3.63, 3.8) is 0 Å². The van der Waals surface area contributed by atoms with Crippen LogP contribution >= 0.6 is 0 Å². The van der Waals surface area contributed by atoms with E-state index >= 15 is 0 Å². The monoisotopic (exact) mass is 1180 g/mol. The number of rotatable bonds is 16. The van der Waals surface area contributed by atoms with Crippen LogP contribution < -0.4 is 30.5 Å². The van der Waals surface area contributed by atoms with E-state index in [-0.39, 0.29) is 87.8 Å². The zero-order chi connectivity index (χ0) is 61.7. The Balaban J connectivity index is 0.000000156. The number of methoxy groups -OCH3 is 2. The van der Waals surface area contributed by atoms with E-state index < -0.39 is 17.4 Å². The van der Waals surface area contributed by atoms with Gasteiger partial charge in [-0.15, -0.1) is 0 Å². The standard InChI is InChI=1S/C25H30O5.C25H28O5.C22H22N2O3/c2*1-18-8-7-13-25(2,14-11-18)15-12-20-16-21(26)22(23(30-20)24(27)28-3)29-17-19-9-5-4-6-10-19;1-15-6-5-10-22-11-9-17-12-18(25)20(27-13-16-7-3-2-4-8-16)19(24(17)22)21(26)23(15)14-22/h4-10,16,18H,11-15,17H2,1-3H3;4-10,12,15-16,18H,11,13-14,17H2,1-3H3;2-8,12,15H,9-11,13-14H2,1H3/t2*18-,25+;15-,22+/m000/s1. The summed E-state index contributed by atoms with van der Waals surface area (Å²) < 4.78 is 40.5. The highest BCUT2D eigenvalue weighted by atomic mass is 16.6. The van der Waals surface area contributed by atoms with E-state index in [1.807, 2.05) is 103 Å². The lowest BCUT2D eigenvalue weighted by Crippen LogP contribution is -2.54. The molecule has 0 saturated heterocycles. The molecule has 2 aliphatic carbocycles. The first kappa shape index (κ1) is 62.8. The Labute approximate surface area is 509 Å². The van der Waals surface area contributed by atoms with Gasteiger partial charge in [0.05, 0.1) is 19.8 Å². The number of hydrogen-bond donors (Lipinski definition) is 0. The predicted molar refractivity (Wildman–Crippen MR) is 334 cm³/mol.